The fraction of sp³-hybridized carbons (Fsp3) is 0.440. The van der Waals surface area contributed by atoms with Crippen LogP contribution in [0.3, 0.4) is 0 Å². The van der Waals surface area contributed by atoms with Crippen molar-refractivity contribution in [3.8, 4) is 0 Å². The van der Waals surface area contributed by atoms with Crippen LogP contribution in [0, 0.1) is 0 Å². The van der Waals surface area contributed by atoms with Crippen LogP contribution in [0.1, 0.15) is 50.6 Å². The van der Waals surface area contributed by atoms with Crippen molar-refractivity contribution in [2.24, 2.45) is 0 Å². The van der Waals surface area contributed by atoms with E-state index in [1.165, 1.54) is 5.56 Å². The van der Waals surface area contributed by atoms with Gasteiger partial charge in [0.1, 0.15) is 17.0 Å². The summed E-state index contributed by atoms with van der Waals surface area (Å²) in [6.07, 6.45) is 1.22. The topological polar surface area (TPSA) is 58.6 Å². The Morgan fingerprint density at radius 1 is 1.16 bits per heavy atom. The lowest BCUT2D eigenvalue weighted by Gasteiger charge is -2.32. The van der Waals surface area contributed by atoms with Crippen molar-refractivity contribution in [3.05, 3.63) is 70.7 Å². The second-order valence-electron chi connectivity index (χ2n) is 9.07. The fourth-order valence-corrected chi connectivity index (χ4v) is 5.11. The van der Waals surface area contributed by atoms with Crippen molar-refractivity contribution >= 4 is 35.4 Å². The average molecular weight is 475 g/mol. The minimum absolute atomic E-state index is 0.0113. The van der Waals surface area contributed by atoms with Gasteiger partial charge in [-0.15, -0.1) is 11.8 Å². The van der Waals surface area contributed by atoms with Crippen molar-refractivity contribution in [1.82, 2.24) is 10.2 Å². The lowest BCUT2D eigenvalue weighted by molar-refractivity contribution is -0.126. The molecule has 7 heteroatoms. The Labute approximate surface area is 199 Å². The van der Waals surface area contributed by atoms with Crippen molar-refractivity contribution in [2.45, 2.75) is 63.6 Å². The zero-order valence-electron chi connectivity index (χ0n) is 19.0. The van der Waals surface area contributed by atoms with Gasteiger partial charge in [-0.2, -0.15) is 0 Å². The molecule has 0 aromatic heterocycles. The molecular formula is C25H31ClN2O3S. The lowest BCUT2D eigenvalue weighted by Crippen LogP contribution is -2.51. The second-order valence-corrected chi connectivity index (χ2v) is 10.6. The van der Waals surface area contributed by atoms with E-state index < -0.39 is 17.7 Å². The van der Waals surface area contributed by atoms with Crippen LogP contribution in [-0.4, -0.2) is 40.3 Å². The SMILES string of the molecule is C[C@H](CCc1ccccc1)NC(=O)[C@@H]1CS[C@@H](c2ccc(Cl)cc2)N1C(=O)OC(C)(C)C. The van der Waals surface area contributed by atoms with Crippen LogP contribution < -0.4 is 5.32 Å². The quantitative estimate of drug-likeness (QED) is 0.572. The van der Waals surface area contributed by atoms with E-state index in [1.807, 2.05) is 58.0 Å². The van der Waals surface area contributed by atoms with Crippen LogP contribution >= 0.6 is 23.4 Å². The van der Waals surface area contributed by atoms with Crippen LogP contribution in [0.25, 0.3) is 0 Å². The number of nitrogens with one attached hydrogen (secondary N) is 1. The molecule has 0 saturated carbocycles. The molecule has 0 bridgehead atoms. The molecule has 5 nitrogen and oxygen atoms in total. The largest absolute Gasteiger partial charge is 0.444 e. The molecule has 1 N–H and O–H groups in total. The molecule has 2 aromatic rings. The molecule has 32 heavy (non-hydrogen) atoms. The summed E-state index contributed by atoms with van der Waals surface area (Å²) < 4.78 is 5.66. The first-order chi connectivity index (χ1) is 15.1. The molecule has 1 heterocycles. The molecule has 0 spiro atoms. The third kappa shape index (κ3) is 6.66. The molecule has 1 fully saturated rings. The van der Waals surface area contributed by atoms with Gasteiger partial charge in [0, 0.05) is 16.8 Å². The summed E-state index contributed by atoms with van der Waals surface area (Å²) in [5, 5.41) is 3.42. The van der Waals surface area contributed by atoms with Crippen LogP contribution in [0.15, 0.2) is 54.6 Å². The number of aryl methyl sites for hydroxylation is 1. The number of carbonyl (C=O) groups excluding carboxylic acids is 2. The monoisotopic (exact) mass is 474 g/mol. The van der Waals surface area contributed by atoms with E-state index in [-0.39, 0.29) is 17.3 Å². The number of hydrogen-bond acceptors (Lipinski definition) is 4. The molecule has 1 aliphatic heterocycles. The standard InChI is InChI=1S/C25H31ClN2O3S/c1-17(10-11-18-8-6-5-7-9-18)27-22(29)21-16-32-23(19-12-14-20(26)15-13-19)28(21)24(30)31-25(2,3)4/h5-9,12-15,17,21,23H,10-11,16H2,1-4H3,(H,27,29)/t17-,21+,23+/m1/s1. The first kappa shape index (κ1) is 24.5. The van der Waals surface area contributed by atoms with E-state index in [0.717, 1.165) is 18.4 Å². The number of amides is 2. The van der Waals surface area contributed by atoms with Gasteiger partial charge < -0.3 is 10.1 Å². The van der Waals surface area contributed by atoms with Gasteiger partial charge >= 0.3 is 6.09 Å². The minimum Gasteiger partial charge on any atom is -0.444 e. The number of benzene rings is 2. The Morgan fingerprint density at radius 2 is 1.81 bits per heavy atom. The smallest absolute Gasteiger partial charge is 0.412 e. The highest BCUT2D eigenvalue weighted by Crippen LogP contribution is 2.42. The van der Waals surface area contributed by atoms with Crippen molar-refractivity contribution in [1.29, 1.82) is 0 Å². The molecule has 0 aliphatic carbocycles. The van der Waals surface area contributed by atoms with Crippen LogP contribution in [0.4, 0.5) is 4.79 Å². The van der Waals surface area contributed by atoms with E-state index in [1.54, 1.807) is 28.8 Å². The molecule has 0 unspecified atom stereocenters. The molecule has 1 aliphatic rings. The van der Waals surface area contributed by atoms with Crippen LogP contribution in [0.2, 0.25) is 5.02 Å². The van der Waals surface area contributed by atoms with E-state index in [4.69, 9.17) is 16.3 Å². The average Bonchev–Trinajstić information content (AvgIpc) is 3.18. The summed E-state index contributed by atoms with van der Waals surface area (Å²) in [5.74, 6) is 0.351. The number of carbonyl (C=O) groups is 2. The first-order valence-corrected chi connectivity index (χ1v) is 12.3. The normalized spacial score (nSPS) is 19.5. The van der Waals surface area contributed by atoms with Crippen LogP contribution in [0.5, 0.6) is 0 Å². The lowest BCUT2D eigenvalue weighted by atomic mass is 10.1. The number of hydrogen-bond donors (Lipinski definition) is 1. The highest BCUT2D eigenvalue weighted by molar-refractivity contribution is 7.99. The molecule has 2 aromatic carbocycles. The summed E-state index contributed by atoms with van der Waals surface area (Å²) in [4.78, 5) is 27.9. The summed E-state index contributed by atoms with van der Waals surface area (Å²) in [6, 6.07) is 17.0. The van der Waals surface area contributed by atoms with Crippen molar-refractivity contribution < 1.29 is 14.3 Å². The van der Waals surface area contributed by atoms with E-state index in [0.29, 0.717) is 10.8 Å². The Bertz CT molecular complexity index is 915. The Morgan fingerprint density at radius 3 is 2.44 bits per heavy atom. The van der Waals surface area contributed by atoms with Gasteiger partial charge in [-0.3, -0.25) is 9.69 Å². The first-order valence-electron chi connectivity index (χ1n) is 10.9. The maximum absolute atomic E-state index is 13.2. The summed E-state index contributed by atoms with van der Waals surface area (Å²) in [5.41, 5.74) is 1.50. The fourth-order valence-electron chi connectivity index (χ4n) is 3.57. The maximum Gasteiger partial charge on any atom is 0.412 e. The molecular weight excluding hydrogens is 444 g/mol. The number of halogens is 1. The summed E-state index contributed by atoms with van der Waals surface area (Å²) in [7, 11) is 0. The van der Waals surface area contributed by atoms with Gasteiger partial charge in [-0.1, -0.05) is 54.1 Å². The maximum atomic E-state index is 13.2. The Balaban J connectivity index is 1.71. The second kappa shape index (κ2) is 10.6. The number of nitrogens with zero attached hydrogens (tertiary/aromatic N) is 1. The van der Waals surface area contributed by atoms with Crippen LogP contribution in [-0.2, 0) is 16.0 Å². The van der Waals surface area contributed by atoms with Gasteiger partial charge in [-0.25, -0.2) is 4.79 Å². The summed E-state index contributed by atoms with van der Waals surface area (Å²) >= 11 is 7.60. The zero-order chi connectivity index (χ0) is 23.3. The zero-order valence-corrected chi connectivity index (χ0v) is 20.6. The van der Waals surface area contributed by atoms with E-state index >= 15 is 0 Å². The van der Waals surface area contributed by atoms with Crippen molar-refractivity contribution in [2.75, 3.05) is 5.75 Å². The molecule has 172 valence electrons. The van der Waals surface area contributed by atoms with Crippen molar-refractivity contribution in [3.63, 3.8) is 0 Å². The molecule has 3 atom stereocenters. The highest BCUT2D eigenvalue weighted by atomic mass is 35.5. The van der Waals surface area contributed by atoms with Gasteiger partial charge in [0.2, 0.25) is 5.91 Å². The number of rotatable bonds is 6. The summed E-state index contributed by atoms with van der Waals surface area (Å²) in [6.45, 7) is 7.47. The number of ether oxygens (including phenoxy) is 1. The third-order valence-electron chi connectivity index (χ3n) is 5.16. The molecule has 1 saturated heterocycles. The number of thioether (sulfide) groups is 1. The predicted molar refractivity (Wildman–Crippen MR) is 131 cm³/mol. The van der Waals surface area contributed by atoms with Gasteiger partial charge in [0.05, 0.1) is 0 Å². The molecule has 3 rings (SSSR count). The minimum atomic E-state index is -0.654. The van der Waals surface area contributed by atoms with E-state index in [9.17, 15) is 9.59 Å². The molecule has 0 radical (unpaired) electrons. The molecule has 2 amide bonds. The Kier molecular flexibility index (Phi) is 8.12. The van der Waals surface area contributed by atoms with E-state index in [2.05, 4.69) is 17.4 Å². The van der Waals surface area contributed by atoms with Gasteiger partial charge in [0.15, 0.2) is 0 Å². The third-order valence-corrected chi connectivity index (χ3v) is 6.74. The predicted octanol–water partition coefficient (Wildman–Crippen LogP) is 5.83. The Hall–Kier alpha value is -2.18. The van der Waals surface area contributed by atoms with Gasteiger partial charge in [0.25, 0.3) is 0 Å². The van der Waals surface area contributed by atoms with Gasteiger partial charge in [-0.05, 0) is 63.8 Å². The highest BCUT2D eigenvalue weighted by Gasteiger charge is 2.44.